The van der Waals surface area contributed by atoms with Crippen molar-refractivity contribution in [3.05, 3.63) is 12.7 Å². The predicted octanol–water partition coefficient (Wildman–Crippen LogP) is 3.53. The van der Waals surface area contributed by atoms with Crippen molar-refractivity contribution in [3.63, 3.8) is 0 Å². The number of rotatable bonds is 10. The van der Waals surface area contributed by atoms with Crippen LogP contribution in [-0.4, -0.2) is 25.3 Å². The lowest BCUT2D eigenvalue weighted by molar-refractivity contribution is -0.0490. The average molecular weight is 227 g/mol. The zero-order chi connectivity index (χ0) is 12.4. The number of allylic oxidation sites excluding steroid dienone is 1. The first kappa shape index (κ1) is 15.7. The minimum atomic E-state index is -0.0157. The van der Waals surface area contributed by atoms with E-state index >= 15 is 0 Å². The molecule has 0 rings (SSSR count). The van der Waals surface area contributed by atoms with Crippen LogP contribution in [0.25, 0.3) is 0 Å². The van der Waals surface area contributed by atoms with E-state index in [4.69, 9.17) is 4.74 Å². The molecule has 0 aliphatic rings. The van der Waals surface area contributed by atoms with Gasteiger partial charge in [-0.1, -0.05) is 26.8 Å². The molecule has 0 aliphatic carbocycles. The second-order valence-electron chi connectivity index (χ2n) is 4.35. The molecule has 0 aromatic rings. The molecule has 16 heavy (non-hydrogen) atoms. The Kier molecular flexibility index (Phi) is 8.58. The first-order chi connectivity index (χ1) is 7.70. The lowest BCUT2D eigenvalue weighted by Gasteiger charge is -2.39. The molecule has 0 heterocycles. The maximum Gasteiger partial charge on any atom is 0.0825 e. The fraction of sp³-hybridized carbons (Fsp3) is 0.857. The highest BCUT2D eigenvalue weighted by atomic mass is 16.5. The number of methoxy groups -OCH3 is 1. The smallest absolute Gasteiger partial charge is 0.0825 e. The van der Waals surface area contributed by atoms with E-state index in [2.05, 4.69) is 32.7 Å². The van der Waals surface area contributed by atoms with Gasteiger partial charge in [-0.15, -0.1) is 6.58 Å². The van der Waals surface area contributed by atoms with Crippen LogP contribution in [0, 0.1) is 0 Å². The Morgan fingerprint density at radius 2 is 1.94 bits per heavy atom. The summed E-state index contributed by atoms with van der Waals surface area (Å²) in [4.78, 5) is 0. The molecule has 0 radical (unpaired) electrons. The van der Waals surface area contributed by atoms with Crippen LogP contribution in [0.1, 0.15) is 52.9 Å². The monoisotopic (exact) mass is 227 g/mol. The van der Waals surface area contributed by atoms with Crippen molar-refractivity contribution in [1.29, 1.82) is 0 Å². The van der Waals surface area contributed by atoms with Crippen LogP contribution >= 0.6 is 0 Å². The molecule has 2 heteroatoms. The second kappa shape index (κ2) is 8.77. The van der Waals surface area contributed by atoms with Crippen molar-refractivity contribution in [2.45, 2.75) is 64.5 Å². The number of hydrogen-bond acceptors (Lipinski definition) is 2. The molecule has 0 saturated carbocycles. The molecule has 96 valence electrons. The normalized spacial score (nSPS) is 13.8. The molecular formula is C14H29NO. The van der Waals surface area contributed by atoms with Gasteiger partial charge < -0.3 is 10.1 Å². The Balaban J connectivity index is 4.58. The maximum absolute atomic E-state index is 5.80. The summed E-state index contributed by atoms with van der Waals surface area (Å²) in [6.07, 6.45) is 7.42. The molecule has 0 amide bonds. The molecule has 0 bridgehead atoms. The van der Waals surface area contributed by atoms with Gasteiger partial charge in [-0.25, -0.2) is 0 Å². The minimum Gasteiger partial charge on any atom is -0.377 e. The molecule has 0 aliphatic heterocycles. The van der Waals surface area contributed by atoms with Crippen LogP contribution < -0.4 is 5.32 Å². The molecule has 0 saturated heterocycles. The van der Waals surface area contributed by atoms with E-state index in [0.29, 0.717) is 6.04 Å². The van der Waals surface area contributed by atoms with Crippen molar-refractivity contribution in [2.75, 3.05) is 13.7 Å². The summed E-state index contributed by atoms with van der Waals surface area (Å²) < 4.78 is 5.80. The summed E-state index contributed by atoms with van der Waals surface area (Å²) in [5.41, 5.74) is -0.0157. The van der Waals surface area contributed by atoms with Crippen LogP contribution in [0.15, 0.2) is 12.7 Å². The van der Waals surface area contributed by atoms with Gasteiger partial charge in [0.1, 0.15) is 0 Å². The first-order valence-electron chi connectivity index (χ1n) is 6.60. The molecular weight excluding hydrogens is 198 g/mol. The van der Waals surface area contributed by atoms with Crippen LogP contribution in [-0.2, 0) is 4.74 Å². The summed E-state index contributed by atoms with van der Waals surface area (Å²) in [6.45, 7) is 11.5. The largest absolute Gasteiger partial charge is 0.377 e. The SMILES string of the molecule is C=CCCC(NCCC)C(CC)(CC)OC. The van der Waals surface area contributed by atoms with Gasteiger partial charge in [-0.3, -0.25) is 0 Å². The van der Waals surface area contributed by atoms with Gasteiger partial charge in [0.25, 0.3) is 0 Å². The van der Waals surface area contributed by atoms with Gasteiger partial charge in [-0.05, 0) is 38.6 Å². The lowest BCUT2D eigenvalue weighted by Crippen LogP contribution is -2.51. The molecule has 1 unspecified atom stereocenters. The molecule has 0 aromatic heterocycles. The third-order valence-electron chi connectivity index (χ3n) is 3.54. The number of hydrogen-bond donors (Lipinski definition) is 1. The van der Waals surface area contributed by atoms with Crippen molar-refractivity contribution < 1.29 is 4.74 Å². The van der Waals surface area contributed by atoms with E-state index in [1.165, 1.54) is 0 Å². The van der Waals surface area contributed by atoms with Crippen LogP contribution in [0.4, 0.5) is 0 Å². The fourth-order valence-electron chi connectivity index (χ4n) is 2.33. The highest BCUT2D eigenvalue weighted by molar-refractivity contribution is 4.92. The third-order valence-corrected chi connectivity index (χ3v) is 3.54. The van der Waals surface area contributed by atoms with E-state index in [1.54, 1.807) is 0 Å². The van der Waals surface area contributed by atoms with E-state index in [-0.39, 0.29) is 5.60 Å². The Morgan fingerprint density at radius 3 is 2.31 bits per heavy atom. The Hall–Kier alpha value is -0.340. The van der Waals surface area contributed by atoms with Gasteiger partial charge in [0.05, 0.1) is 5.60 Å². The van der Waals surface area contributed by atoms with E-state index < -0.39 is 0 Å². The minimum absolute atomic E-state index is 0.0157. The van der Waals surface area contributed by atoms with Crippen LogP contribution in [0.5, 0.6) is 0 Å². The Morgan fingerprint density at radius 1 is 1.31 bits per heavy atom. The Labute approximate surface area is 101 Å². The summed E-state index contributed by atoms with van der Waals surface area (Å²) in [5, 5.41) is 3.63. The number of nitrogens with one attached hydrogen (secondary N) is 1. The summed E-state index contributed by atoms with van der Waals surface area (Å²) >= 11 is 0. The molecule has 1 atom stereocenters. The predicted molar refractivity (Wildman–Crippen MR) is 71.8 cm³/mol. The first-order valence-corrected chi connectivity index (χ1v) is 6.60. The van der Waals surface area contributed by atoms with Gasteiger partial charge in [-0.2, -0.15) is 0 Å². The second-order valence-corrected chi connectivity index (χ2v) is 4.35. The van der Waals surface area contributed by atoms with Gasteiger partial charge >= 0.3 is 0 Å². The maximum atomic E-state index is 5.80. The zero-order valence-corrected chi connectivity index (χ0v) is 11.5. The van der Waals surface area contributed by atoms with E-state index in [1.807, 2.05) is 13.2 Å². The molecule has 1 N–H and O–H groups in total. The highest BCUT2D eigenvalue weighted by Crippen LogP contribution is 2.27. The lowest BCUT2D eigenvalue weighted by atomic mass is 9.85. The van der Waals surface area contributed by atoms with Crippen LogP contribution in [0.3, 0.4) is 0 Å². The molecule has 0 fully saturated rings. The van der Waals surface area contributed by atoms with Crippen molar-refractivity contribution in [3.8, 4) is 0 Å². The molecule has 0 spiro atoms. The molecule has 0 aromatic carbocycles. The summed E-state index contributed by atoms with van der Waals surface area (Å²) in [7, 11) is 1.83. The summed E-state index contributed by atoms with van der Waals surface area (Å²) in [5.74, 6) is 0. The molecule has 2 nitrogen and oxygen atoms in total. The average Bonchev–Trinajstić information content (AvgIpc) is 2.34. The standard InChI is InChI=1S/C14H29NO/c1-6-10-11-13(15-12-7-2)14(8-3,9-4)16-5/h6,13,15H,1,7-12H2,2-5H3. The van der Waals surface area contributed by atoms with E-state index in [0.717, 1.165) is 38.6 Å². The van der Waals surface area contributed by atoms with Crippen molar-refractivity contribution >= 4 is 0 Å². The van der Waals surface area contributed by atoms with Crippen molar-refractivity contribution in [1.82, 2.24) is 5.32 Å². The summed E-state index contributed by atoms with van der Waals surface area (Å²) in [6, 6.07) is 0.436. The third kappa shape index (κ3) is 4.26. The quantitative estimate of drug-likeness (QED) is 0.577. The fourth-order valence-corrected chi connectivity index (χ4v) is 2.33. The highest BCUT2D eigenvalue weighted by Gasteiger charge is 2.34. The van der Waals surface area contributed by atoms with Gasteiger partial charge in [0.15, 0.2) is 0 Å². The van der Waals surface area contributed by atoms with E-state index in [9.17, 15) is 0 Å². The van der Waals surface area contributed by atoms with Gasteiger partial charge in [0.2, 0.25) is 0 Å². The zero-order valence-electron chi connectivity index (χ0n) is 11.5. The van der Waals surface area contributed by atoms with Crippen molar-refractivity contribution in [2.24, 2.45) is 0 Å². The Bertz CT molecular complexity index is 167. The van der Waals surface area contributed by atoms with Crippen LogP contribution in [0.2, 0.25) is 0 Å². The van der Waals surface area contributed by atoms with Gasteiger partial charge in [0, 0.05) is 13.2 Å². The topological polar surface area (TPSA) is 21.3 Å². The number of ether oxygens (including phenoxy) is 1.